The molecule has 0 saturated heterocycles. The van der Waals surface area contributed by atoms with Gasteiger partial charge in [0, 0.05) is 20.3 Å². The molecule has 2 N–H and O–H groups in total. The zero-order valence-corrected chi connectivity index (χ0v) is 15.5. The second kappa shape index (κ2) is 7.89. The molecular formula is C16H16BrCl2NS. The summed E-state index contributed by atoms with van der Waals surface area (Å²) in [5.74, 6) is 0. The van der Waals surface area contributed by atoms with Crippen molar-refractivity contribution in [1.82, 2.24) is 0 Å². The molecular weight excluding hydrogens is 389 g/mol. The molecule has 1 nitrogen and oxygen atoms in total. The molecule has 0 spiro atoms. The molecule has 0 radical (unpaired) electrons. The van der Waals surface area contributed by atoms with E-state index >= 15 is 0 Å². The Kier molecular flexibility index (Phi) is 6.45. The third-order valence-corrected chi connectivity index (χ3v) is 5.48. The van der Waals surface area contributed by atoms with E-state index in [-0.39, 0.29) is 6.04 Å². The maximum atomic E-state index is 6.09. The van der Waals surface area contributed by atoms with Gasteiger partial charge >= 0.3 is 0 Å². The van der Waals surface area contributed by atoms with Crippen LogP contribution in [0.4, 0.5) is 0 Å². The lowest BCUT2D eigenvalue weighted by Crippen LogP contribution is -2.21. The summed E-state index contributed by atoms with van der Waals surface area (Å²) < 4.78 is 1.05. The maximum Gasteiger partial charge on any atom is 0.0603 e. The Morgan fingerprint density at radius 2 is 1.90 bits per heavy atom. The molecule has 21 heavy (non-hydrogen) atoms. The van der Waals surface area contributed by atoms with E-state index < -0.39 is 0 Å². The summed E-state index contributed by atoms with van der Waals surface area (Å²) in [6, 6.07) is 12.2. The molecule has 0 aliphatic rings. The van der Waals surface area contributed by atoms with Gasteiger partial charge in [-0.2, -0.15) is 0 Å². The van der Waals surface area contributed by atoms with E-state index in [0.717, 1.165) is 22.2 Å². The van der Waals surface area contributed by atoms with E-state index in [2.05, 4.69) is 41.1 Å². The van der Waals surface area contributed by atoms with Crippen LogP contribution in [0.2, 0.25) is 10.0 Å². The molecule has 2 aromatic rings. The van der Waals surface area contributed by atoms with Crippen LogP contribution in [0.5, 0.6) is 0 Å². The lowest BCUT2D eigenvalue weighted by atomic mass is 10.1. The van der Waals surface area contributed by atoms with Crippen molar-refractivity contribution in [3.05, 3.63) is 56.5 Å². The lowest BCUT2D eigenvalue weighted by Gasteiger charge is -2.14. The summed E-state index contributed by atoms with van der Waals surface area (Å²) in [6.07, 6.45) is 1.83. The minimum absolute atomic E-state index is 0.180. The Hall–Kier alpha value is -0.190. The molecule has 0 amide bonds. The summed E-state index contributed by atoms with van der Waals surface area (Å²) in [5, 5.41) is 1.15. The number of hydrogen-bond acceptors (Lipinski definition) is 2. The fourth-order valence-electron chi connectivity index (χ4n) is 1.89. The van der Waals surface area contributed by atoms with Gasteiger partial charge in [0.1, 0.15) is 0 Å². The molecule has 2 rings (SSSR count). The standard InChI is InChI=1S/C16H16BrCl2NS/c1-2-12(20)7-10-3-4-11(17)8-16(10)21-13-5-6-14(18)15(19)9-13/h3-6,8-9,12H,2,7,20H2,1H3. The van der Waals surface area contributed by atoms with Gasteiger partial charge in [0.25, 0.3) is 0 Å². The molecule has 1 atom stereocenters. The van der Waals surface area contributed by atoms with Crippen molar-refractivity contribution >= 4 is 50.9 Å². The van der Waals surface area contributed by atoms with Gasteiger partial charge in [0.15, 0.2) is 0 Å². The van der Waals surface area contributed by atoms with Crippen molar-refractivity contribution in [3.63, 3.8) is 0 Å². The highest BCUT2D eigenvalue weighted by atomic mass is 79.9. The van der Waals surface area contributed by atoms with Crippen LogP contribution in [0.15, 0.2) is 50.7 Å². The highest BCUT2D eigenvalue weighted by Crippen LogP contribution is 2.36. The zero-order chi connectivity index (χ0) is 15.4. The molecule has 0 heterocycles. The van der Waals surface area contributed by atoms with Gasteiger partial charge in [-0.05, 0) is 48.7 Å². The quantitative estimate of drug-likeness (QED) is 0.642. The Balaban J connectivity index is 2.28. The van der Waals surface area contributed by atoms with Crippen LogP contribution in [0.3, 0.4) is 0 Å². The number of rotatable bonds is 5. The number of benzene rings is 2. The molecule has 0 fully saturated rings. The molecule has 0 bridgehead atoms. The fraction of sp³-hybridized carbons (Fsp3) is 0.250. The van der Waals surface area contributed by atoms with E-state index in [1.165, 1.54) is 10.5 Å². The van der Waals surface area contributed by atoms with Gasteiger partial charge < -0.3 is 5.73 Å². The van der Waals surface area contributed by atoms with Gasteiger partial charge in [0.05, 0.1) is 10.0 Å². The van der Waals surface area contributed by atoms with Crippen molar-refractivity contribution in [1.29, 1.82) is 0 Å². The summed E-state index contributed by atoms with van der Waals surface area (Å²) in [4.78, 5) is 2.25. The Bertz CT molecular complexity index is 634. The minimum atomic E-state index is 0.180. The molecule has 0 aliphatic carbocycles. The van der Waals surface area contributed by atoms with Gasteiger partial charge in [-0.15, -0.1) is 0 Å². The highest BCUT2D eigenvalue weighted by Gasteiger charge is 2.10. The number of nitrogens with two attached hydrogens (primary N) is 1. The first-order chi connectivity index (χ1) is 9.99. The van der Waals surface area contributed by atoms with Crippen molar-refractivity contribution in [2.45, 2.75) is 35.6 Å². The van der Waals surface area contributed by atoms with E-state index in [0.29, 0.717) is 10.0 Å². The summed E-state index contributed by atoms with van der Waals surface area (Å²) in [6.45, 7) is 2.11. The molecule has 2 aromatic carbocycles. The number of halogens is 3. The zero-order valence-electron chi connectivity index (χ0n) is 11.6. The van der Waals surface area contributed by atoms with Crippen LogP contribution in [-0.2, 0) is 6.42 Å². The monoisotopic (exact) mass is 403 g/mol. The van der Waals surface area contributed by atoms with E-state index in [1.807, 2.05) is 18.2 Å². The molecule has 1 unspecified atom stereocenters. The fourth-order valence-corrected chi connectivity index (χ4v) is 3.80. The van der Waals surface area contributed by atoms with Crippen LogP contribution in [0.25, 0.3) is 0 Å². The van der Waals surface area contributed by atoms with Crippen molar-refractivity contribution < 1.29 is 0 Å². The minimum Gasteiger partial charge on any atom is -0.327 e. The SMILES string of the molecule is CCC(N)Cc1ccc(Br)cc1Sc1ccc(Cl)c(Cl)c1. The first-order valence-corrected chi connectivity index (χ1v) is 9.03. The van der Waals surface area contributed by atoms with E-state index in [1.54, 1.807) is 11.8 Å². The second-order valence-electron chi connectivity index (χ2n) is 4.80. The first kappa shape index (κ1) is 17.2. The van der Waals surface area contributed by atoms with Crippen LogP contribution in [-0.4, -0.2) is 6.04 Å². The normalized spacial score (nSPS) is 12.4. The van der Waals surface area contributed by atoms with Crippen molar-refractivity contribution in [3.8, 4) is 0 Å². The molecule has 0 saturated carbocycles. The van der Waals surface area contributed by atoms with Crippen LogP contribution < -0.4 is 5.73 Å². The smallest absolute Gasteiger partial charge is 0.0603 e. The lowest BCUT2D eigenvalue weighted by molar-refractivity contribution is 0.641. The van der Waals surface area contributed by atoms with Gasteiger partial charge in [0.2, 0.25) is 0 Å². The molecule has 5 heteroatoms. The van der Waals surface area contributed by atoms with Crippen molar-refractivity contribution in [2.75, 3.05) is 0 Å². The van der Waals surface area contributed by atoms with Crippen LogP contribution >= 0.6 is 50.9 Å². The highest BCUT2D eigenvalue weighted by molar-refractivity contribution is 9.10. The van der Waals surface area contributed by atoms with Crippen LogP contribution in [0.1, 0.15) is 18.9 Å². The average Bonchev–Trinajstić information content (AvgIpc) is 2.45. The summed E-state index contributed by atoms with van der Waals surface area (Å²) in [7, 11) is 0. The Labute approximate surface area is 148 Å². The first-order valence-electron chi connectivity index (χ1n) is 6.66. The van der Waals surface area contributed by atoms with Crippen molar-refractivity contribution in [2.24, 2.45) is 5.73 Å². The van der Waals surface area contributed by atoms with Gasteiger partial charge in [-0.1, -0.05) is 63.9 Å². The topological polar surface area (TPSA) is 26.0 Å². The van der Waals surface area contributed by atoms with Gasteiger partial charge in [-0.25, -0.2) is 0 Å². The van der Waals surface area contributed by atoms with E-state index in [4.69, 9.17) is 28.9 Å². The molecule has 0 aliphatic heterocycles. The van der Waals surface area contributed by atoms with Crippen LogP contribution in [0, 0.1) is 0 Å². The Morgan fingerprint density at radius 1 is 1.14 bits per heavy atom. The summed E-state index contributed by atoms with van der Waals surface area (Å²) in [5.41, 5.74) is 7.34. The molecule has 112 valence electrons. The van der Waals surface area contributed by atoms with Gasteiger partial charge in [-0.3, -0.25) is 0 Å². The van der Waals surface area contributed by atoms with E-state index in [9.17, 15) is 0 Å². The predicted molar refractivity (Wildman–Crippen MR) is 96.7 cm³/mol. The average molecular weight is 405 g/mol. The Morgan fingerprint density at radius 3 is 2.57 bits per heavy atom. The maximum absolute atomic E-state index is 6.09. The third kappa shape index (κ3) is 4.90. The third-order valence-electron chi connectivity index (χ3n) is 3.15. The second-order valence-corrected chi connectivity index (χ2v) is 7.65. The molecule has 0 aromatic heterocycles. The summed E-state index contributed by atoms with van der Waals surface area (Å²) >= 11 is 17.2. The number of hydrogen-bond donors (Lipinski definition) is 1. The largest absolute Gasteiger partial charge is 0.327 e. The predicted octanol–water partition coefficient (Wildman–Crippen LogP) is 6.19.